The third-order valence-electron chi connectivity index (χ3n) is 4.73. The minimum atomic E-state index is -0.518. The first-order valence-electron chi connectivity index (χ1n) is 8.67. The average molecular weight is 372 g/mol. The van der Waals surface area contributed by atoms with Gasteiger partial charge in [-0.2, -0.15) is 0 Å². The quantitative estimate of drug-likeness (QED) is 0.732. The summed E-state index contributed by atoms with van der Waals surface area (Å²) < 4.78 is 6.67. The molecule has 0 aliphatic carbocycles. The fourth-order valence-corrected chi connectivity index (χ4v) is 4.53. The number of aliphatic hydroxyl groups is 1. The predicted octanol–water partition coefficient (Wildman–Crippen LogP) is 2.83. The van der Waals surface area contributed by atoms with E-state index in [1.807, 2.05) is 18.2 Å². The lowest BCUT2D eigenvalue weighted by molar-refractivity contribution is 0.172. The summed E-state index contributed by atoms with van der Waals surface area (Å²) in [6, 6.07) is 9.26. The Kier molecular flexibility index (Phi) is 4.76. The molecule has 1 aromatic carbocycles. The summed E-state index contributed by atoms with van der Waals surface area (Å²) in [5.74, 6) is 0.342. The van der Waals surface area contributed by atoms with Crippen LogP contribution in [-0.4, -0.2) is 33.2 Å². The maximum atomic E-state index is 11.8. The number of aromatic hydroxyl groups is 1. The molecular formula is C19H20N2O4S. The minimum Gasteiger partial charge on any atom is -0.502 e. The topological polar surface area (TPSA) is 86.8 Å². The summed E-state index contributed by atoms with van der Waals surface area (Å²) in [5, 5.41) is 20.3. The van der Waals surface area contributed by atoms with Crippen molar-refractivity contribution in [3.8, 4) is 5.75 Å². The highest BCUT2D eigenvalue weighted by Gasteiger charge is 2.25. The van der Waals surface area contributed by atoms with Gasteiger partial charge in [-0.25, -0.2) is 4.98 Å². The van der Waals surface area contributed by atoms with Gasteiger partial charge in [0, 0.05) is 18.5 Å². The highest BCUT2D eigenvalue weighted by atomic mass is 32.1. The van der Waals surface area contributed by atoms with Crippen molar-refractivity contribution in [2.75, 3.05) is 13.1 Å². The summed E-state index contributed by atoms with van der Waals surface area (Å²) in [6.45, 7) is 1.65. The Bertz CT molecular complexity index is 948. The molecule has 0 bridgehead atoms. The predicted molar refractivity (Wildman–Crippen MR) is 99.4 cm³/mol. The van der Waals surface area contributed by atoms with Crippen LogP contribution in [0.3, 0.4) is 0 Å². The fourth-order valence-electron chi connectivity index (χ4n) is 3.44. The second kappa shape index (κ2) is 7.19. The maximum absolute atomic E-state index is 11.8. The van der Waals surface area contributed by atoms with Crippen molar-refractivity contribution in [1.82, 2.24) is 9.88 Å². The number of thiazole rings is 1. The molecule has 3 heterocycles. The zero-order chi connectivity index (χ0) is 18.1. The Morgan fingerprint density at radius 3 is 3.00 bits per heavy atom. The van der Waals surface area contributed by atoms with Crippen LogP contribution in [0.2, 0.25) is 0 Å². The van der Waals surface area contributed by atoms with E-state index in [4.69, 9.17) is 9.40 Å². The van der Waals surface area contributed by atoms with Gasteiger partial charge in [-0.1, -0.05) is 12.1 Å². The van der Waals surface area contributed by atoms with Gasteiger partial charge in [0.1, 0.15) is 12.4 Å². The van der Waals surface area contributed by atoms with Crippen molar-refractivity contribution >= 4 is 21.6 Å². The van der Waals surface area contributed by atoms with E-state index >= 15 is 0 Å². The number of rotatable bonds is 4. The molecule has 1 unspecified atom stereocenters. The van der Waals surface area contributed by atoms with E-state index in [2.05, 4.69) is 11.0 Å². The van der Waals surface area contributed by atoms with Crippen molar-refractivity contribution in [3.05, 3.63) is 57.1 Å². The molecule has 4 rings (SSSR count). The van der Waals surface area contributed by atoms with E-state index in [0.717, 1.165) is 42.5 Å². The molecular weight excluding hydrogens is 352 g/mol. The normalized spacial score (nSPS) is 18.4. The number of nitrogens with zero attached hydrogens (tertiary/aromatic N) is 2. The third kappa shape index (κ3) is 3.38. The average Bonchev–Trinajstić information content (AvgIpc) is 3.10. The van der Waals surface area contributed by atoms with Crippen LogP contribution in [0.4, 0.5) is 0 Å². The van der Waals surface area contributed by atoms with E-state index in [-0.39, 0.29) is 23.9 Å². The first-order chi connectivity index (χ1) is 12.6. The van der Waals surface area contributed by atoms with Gasteiger partial charge < -0.3 is 14.6 Å². The highest BCUT2D eigenvalue weighted by molar-refractivity contribution is 7.18. The monoisotopic (exact) mass is 372 g/mol. The molecule has 1 fully saturated rings. The molecule has 7 heteroatoms. The lowest BCUT2D eigenvalue weighted by Crippen LogP contribution is -2.34. The summed E-state index contributed by atoms with van der Waals surface area (Å²) in [5.41, 5.74) is 0.513. The number of hydrogen-bond donors (Lipinski definition) is 2. The van der Waals surface area contributed by atoms with Gasteiger partial charge in [0.2, 0.25) is 11.2 Å². The van der Waals surface area contributed by atoms with Crippen LogP contribution < -0.4 is 5.43 Å². The number of fused-ring (bicyclic) bond motifs is 1. The molecule has 26 heavy (non-hydrogen) atoms. The Morgan fingerprint density at radius 2 is 2.19 bits per heavy atom. The van der Waals surface area contributed by atoms with Crippen molar-refractivity contribution in [2.45, 2.75) is 31.9 Å². The molecule has 1 aliphatic rings. The van der Waals surface area contributed by atoms with Gasteiger partial charge in [-0.3, -0.25) is 9.69 Å². The molecule has 0 spiro atoms. The molecule has 2 N–H and O–H groups in total. The summed E-state index contributed by atoms with van der Waals surface area (Å²) in [4.78, 5) is 18.7. The van der Waals surface area contributed by atoms with Crippen LogP contribution in [-0.2, 0) is 13.2 Å². The second-order valence-electron chi connectivity index (χ2n) is 6.60. The summed E-state index contributed by atoms with van der Waals surface area (Å²) in [6.07, 6.45) is 2.09. The highest BCUT2D eigenvalue weighted by Crippen LogP contribution is 2.33. The first-order valence-corrected chi connectivity index (χ1v) is 9.49. The van der Waals surface area contributed by atoms with E-state index in [1.165, 1.54) is 4.70 Å². The Hall–Kier alpha value is -2.22. The number of piperidine rings is 1. The molecule has 6 nitrogen and oxygen atoms in total. The molecule has 1 atom stereocenters. The van der Waals surface area contributed by atoms with E-state index < -0.39 is 5.43 Å². The minimum absolute atomic E-state index is 0.169. The number of aromatic nitrogens is 1. The molecule has 1 aliphatic heterocycles. The summed E-state index contributed by atoms with van der Waals surface area (Å²) >= 11 is 1.73. The molecule has 2 aromatic heterocycles. The van der Waals surface area contributed by atoms with Gasteiger partial charge in [0.15, 0.2) is 5.76 Å². The van der Waals surface area contributed by atoms with Gasteiger partial charge in [-0.15, -0.1) is 11.3 Å². The van der Waals surface area contributed by atoms with Crippen molar-refractivity contribution in [1.29, 1.82) is 0 Å². The second-order valence-corrected chi connectivity index (χ2v) is 7.66. The number of benzene rings is 1. The van der Waals surface area contributed by atoms with Crippen molar-refractivity contribution < 1.29 is 14.6 Å². The lowest BCUT2D eigenvalue weighted by atomic mass is 9.98. The molecule has 0 amide bonds. The largest absolute Gasteiger partial charge is 0.502 e. The van der Waals surface area contributed by atoms with Crippen LogP contribution in [0, 0.1) is 0 Å². The van der Waals surface area contributed by atoms with Gasteiger partial charge in [-0.05, 0) is 31.5 Å². The zero-order valence-electron chi connectivity index (χ0n) is 14.2. The number of para-hydroxylation sites is 1. The van der Waals surface area contributed by atoms with E-state index in [1.54, 1.807) is 11.3 Å². The Morgan fingerprint density at radius 1 is 1.35 bits per heavy atom. The van der Waals surface area contributed by atoms with Crippen molar-refractivity contribution in [3.63, 3.8) is 0 Å². The van der Waals surface area contributed by atoms with Gasteiger partial charge in [0.05, 0.1) is 21.8 Å². The van der Waals surface area contributed by atoms with Crippen LogP contribution in [0.15, 0.2) is 39.5 Å². The Balaban J connectivity index is 1.54. The van der Waals surface area contributed by atoms with Gasteiger partial charge >= 0.3 is 0 Å². The smallest absolute Gasteiger partial charge is 0.227 e. The molecule has 0 saturated carbocycles. The molecule has 1 saturated heterocycles. The zero-order valence-corrected chi connectivity index (χ0v) is 15.0. The van der Waals surface area contributed by atoms with Crippen molar-refractivity contribution in [2.24, 2.45) is 0 Å². The first kappa shape index (κ1) is 17.2. The third-order valence-corrected chi connectivity index (χ3v) is 5.93. The Labute approximate surface area is 154 Å². The molecule has 136 valence electrons. The number of hydrogen-bond acceptors (Lipinski definition) is 7. The van der Waals surface area contributed by atoms with Crippen LogP contribution in [0.5, 0.6) is 5.75 Å². The molecule has 3 aromatic rings. The summed E-state index contributed by atoms with van der Waals surface area (Å²) in [7, 11) is 0. The maximum Gasteiger partial charge on any atom is 0.227 e. The van der Waals surface area contributed by atoms with Gasteiger partial charge in [0.25, 0.3) is 0 Å². The lowest BCUT2D eigenvalue weighted by Gasteiger charge is -2.31. The number of aliphatic hydroxyl groups excluding tert-OH is 1. The van der Waals surface area contributed by atoms with Crippen LogP contribution in [0.25, 0.3) is 10.2 Å². The molecule has 0 radical (unpaired) electrons. The van der Waals surface area contributed by atoms with E-state index in [9.17, 15) is 15.0 Å². The van der Waals surface area contributed by atoms with Crippen LogP contribution >= 0.6 is 11.3 Å². The fraction of sp³-hybridized carbons (Fsp3) is 0.368. The van der Waals surface area contributed by atoms with Crippen LogP contribution in [0.1, 0.15) is 35.3 Å². The SMILES string of the molecule is O=c1cc(CO)oc(CN2CCCC(c3nc4ccccc4s3)C2)c1O. The van der Waals surface area contributed by atoms with E-state index in [0.29, 0.717) is 12.5 Å². The number of likely N-dealkylation sites (tertiary alicyclic amines) is 1. The standard InChI is InChI=1S/C19H20N2O4S/c22-11-13-8-15(23)18(24)16(25-13)10-21-7-3-4-12(9-21)19-20-14-5-1-2-6-17(14)26-19/h1-2,5-6,8,12,22,24H,3-4,7,9-11H2.